The van der Waals surface area contributed by atoms with E-state index in [1.165, 1.54) is 12.8 Å². The van der Waals surface area contributed by atoms with E-state index < -0.39 is 10.0 Å². The van der Waals surface area contributed by atoms with Gasteiger partial charge in [0.25, 0.3) is 0 Å². The molecule has 0 aromatic heterocycles. The first-order valence-corrected chi connectivity index (χ1v) is 7.97. The molecule has 0 amide bonds. The second-order valence-electron chi connectivity index (χ2n) is 4.94. The molecule has 0 bridgehead atoms. The molecule has 1 aliphatic rings. The summed E-state index contributed by atoms with van der Waals surface area (Å²) in [6.45, 7) is 6.11. The summed E-state index contributed by atoms with van der Waals surface area (Å²) in [5.41, 5.74) is 1.10. The maximum atomic E-state index is 12.0. The Labute approximate surface area is 115 Å². The fourth-order valence-corrected chi connectivity index (χ4v) is 2.91. The Bertz CT molecular complexity index is 533. The molecule has 1 unspecified atom stereocenters. The summed E-state index contributed by atoms with van der Waals surface area (Å²) >= 11 is 0. The zero-order chi connectivity index (χ0) is 13.9. The van der Waals surface area contributed by atoms with Gasteiger partial charge in [0, 0.05) is 18.6 Å². The Morgan fingerprint density at radius 1 is 1.37 bits per heavy atom. The molecule has 0 radical (unpaired) electrons. The van der Waals surface area contributed by atoms with Crippen molar-refractivity contribution in [2.45, 2.75) is 43.3 Å². The summed E-state index contributed by atoms with van der Waals surface area (Å²) in [5.74, 6) is 0. The highest BCUT2D eigenvalue weighted by Crippen LogP contribution is 2.19. The van der Waals surface area contributed by atoms with E-state index in [2.05, 4.69) is 16.6 Å². The molecule has 4 nitrogen and oxygen atoms in total. The third kappa shape index (κ3) is 4.16. The summed E-state index contributed by atoms with van der Waals surface area (Å²) < 4.78 is 26.6. The van der Waals surface area contributed by atoms with Crippen LogP contribution in [-0.4, -0.2) is 20.5 Å². The van der Waals surface area contributed by atoms with E-state index in [9.17, 15) is 8.42 Å². The van der Waals surface area contributed by atoms with Crippen LogP contribution in [0.15, 0.2) is 41.8 Å². The van der Waals surface area contributed by atoms with E-state index in [1.54, 1.807) is 25.1 Å². The van der Waals surface area contributed by atoms with Crippen LogP contribution < -0.4 is 10.0 Å². The minimum Gasteiger partial charge on any atom is -0.310 e. The van der Waals surface area contributed by atoms with Gasteiger partial charge in [-0.1, -0.05) is 18.2 Å². The van der Waals surface area contributed by atoms with Crippen molar-refractivity contribution in [3.05, 3.63) is 42.5 Å². The van der Waals surface area contributed by atoms with Gasteiger partial charge >= 0.3 is 0 Å². The molecule has 104 valence electrons. The first-order valence-electron chi connectivity index (χ1n) is 6.48. The van der Waals surface area contributed by atoms with Gasteiger partial charge in [0.2, 0.25) is 10.0 Å². The van der Waals surface area contributed by atoms with Crippen molar-refractivity contribution < 1.29 is 8.42 Å². The Morgan fingerprint density at radius 2 is 2.00 bits per heavy atom. The molecular weight excluding hydrogens is 260 g/mol. The Balaban J connectivity index is 2.01. The molecule has 1 aromatic rings. The van der Waals surface area contributed by atoms with Gasteiger partial charge in [-0.2, -0.15) is 0 Å². The molecule has 1 saturated carbocycles. The quantitative estimate of drug-likeness (QED) is 0.749. The van der Waals surface area contributed by atoms with E-state index >= 15 is 0 Å². The van der Waals surface area contributed by atoms with Crippen LogP contribution >= 0.6 is 0 Å². The Morgan fingerprint density at radius 3 is 2.53 bits per heavy atom. The van der Waals surface area contributed by atoms with Crippen LogP contribution in [0.2, 0.25) is 0 Å². The monoisotopic (exact) mass is 280 g/mol. The van der Waals surface area contributed by atoms with Gasteiger partial charge < -0.3 is 5.32 Å². The van der Waals surface area contributed by atoms with Crippen molar-refractivity contribution in [1.29, 1.82) is 0 Å². The highest BCUT2D eigenvalue weighted by atomic mass is 32.2. The van der Waals surface area contributed by atoms with Crippen LogP contribution in [0.1, 0.15) is 25.3 Å². The van der Waals surface area contributed by atoms with Crippen LogP contribution in [0.5, 0.6) is 0 Å². The first kappa shape index (κ1) is 14.2. The molecule has 1 fully saturated rings. The Hall–Kier alpha value is -1.17. The highest BCUT2D eigenvalue weighted by Gasteiger charge is 2.20. The smallest absolute Gasteiger partial charge is 0.241 e. The van der Waals surface area contributed by atoms with Crippen molar-refractivity contribution >= 4 is 10.0 Å². The lowest BCUT2D eigenvalue weighted by atomic mass is 10.2. The topological polar surface area (TPSA) is 58.2 Å². The largest absolute Gasteiger partial charge is 0.310 e. The van der Waals surface area contributed by atoms with Crippen molar-refractivity contribution in [2.75, 3.05) is 0 Å². The molecule has 5 heteroatoms. The molecule has 19 heavy (non-hydrogen) atoms. The second kappa shape index (κ2) is 5.86. The predicted octanol–water partition coefficient (Wildman–Crippen LogP) is 1.79. The van der Waals surface area contributed by atoms with E-state index in [1.807, 2.05) is 12.1 Å². The fraction of sp³-hybridized carbons (Fsp3) is 0.429. The summed E-state index contributed by atoms with van der Waals surface area (Å²) in [7, 11) is -3.45. The lowest BCUT2D eigenvalue weighted by molar-refractivity contribution is 0.576. The standard InChI is InChI=1S/C14H20N2O2S/c1-3-11(2)16-19(17,18)14-8-4-12(5-9-14)10-15-13-6-7-13/h3-5,8-9,11,13,15-16H,1,6-7,10H2,2H3. The third-order valence-electron chi connectivity index (χ3n) is 3.10. The number of benzene rings is 1. The van der Waals surface area contributed by atoms with Crippen molar-refractivity contribution in [3.8, 4) is 0 Å². The number of hydrogen-bond donors (Lipinski definition) is 2. The van der Waals surface area contributed by atoms with Gasteiger partial charge in [0.05, 0.1) is 4.90 Å². The molecular formula is C14H20N2O2S. The molecule has 1 aliphatic carbocycles. The molecule has 0 aliphatic heterocycles. The SMILES string of the molecule is C=CC(C)NS(=O)(=O)c1ccc(CNC2CC2)cc1. The summed E-state index contributed by atoms with van der Waals surface area (Å²) in [6.07, 6.45) is 4.05. The molecule has 0 saturated heterocycles. The van der Waals surface area contributed by atoms with Crippen LogP contribution in [0.25, 0.3) is 0 Å². The van der Waals surface area contributed by atoms with E-state index in [0.717, 1.165) is 12.1 Å². The van der Waals surface area contributed by atoms with E-state index in [0.29, 0.717) is 6.04 Å². The van der Waals surface area contributed by atoms with Gasteiger partial charge in [-0.15, -0.1) is 6.58 Å². The number of hydrogen-bond acceptors (Lipinski definition) is 3. The number of sulfonamides is 1. The normalized spacial score (nSPS) is 17.1. The average molecular weight is 280 g/mol. The molecule has 1 atom stereocenters. The van der Waals surface area contributed by atoms with Crippen LogP contribution in [0, 0.1) is 0 Å². The van der Waals surface area contributed by atoms with Crippen LogP contribution in [0.4, 0.5) is 0 Å². The Kier molecular flexibility index (Phi) is 4.39. The second-order valence-corrected chi connectivity index (χ2v) is 6.66. The first-order chi connectivity index (χ1) is 9.01. The van der Waals surface area contributed by atoms with Gasteiger partial charge in [-0.05, 0) is 37.5 Å². The van der Waals surface area contributed by atoms with Crippen molar-refractivity contribution in [3.63, 3.8) is 0 Å². The molecule has 0 spiro atoms. The van der Waals surface area contributed by atoms with Crippen LogP contribution in [-0.2, 0) is 16.6 Å². The van der Waals surface area contributed by atoms with Crippen LogP contribution in [0.3, 0.4) is 0 Å². The van der Waals surface area contributed by atoms with E-state index in [4.69, 9.17) is 0 Å². The van der Waals surface area contributed by atoms with Gasteiger partial charge in [0.1, 0.15) is 0 Å². The zero-order valence-electron chi connectivity index (χ0n) is 11.1. The highest BCUT2D eigenvalue weighted by molar-refractivity contribution is 7.89. The summed E-state index contributed by atoms with van der Waals surface area (Å²) in [6, 6.07) is 7.36. The van der Waals surface area contributed by atoms with E-state index in [-0.39, 0.29) is 10.9 Å². The average Bonchev–Trinajstić information content (AvgIpc) is 3.20. The summed E-state index contributed by atoms with van der Waals surface area (Å²) in [4.78, 5) is 0.288. The maximum Gasteiger partial charge on any atom is 0.241 e. The van der Waals surface area contributed by atoms with Gasteiger partial charge in [-0.3, -0.25) is 0 Å². The summed E-state index contributed by atoms with van der Waals surface area (Å²) in [5, 5.41) is 3.39. The molecule has 2 rings (SSSR count). The van der Waals surface area contributed by atoms with Crippen molar-refractivity contribution in [1.82, 2.24) is 10.0 Å². The molecule has 0 heterocycles. The maximum absolute atomic E-state index is 12.0. The zero-order valence-corrected chi connectivity index (χ0v) is 11.9. The predicted molar refractivity (Wildman–Crippen MR) is 76.3 cm³/mol. The van der Waals surface area contributed by atoms with Gasteiger partial charge in [0.15, 0.2) is 0 Å². The molecule has 2 N–H and O–H groups in total. The van der Waals surface area contributed by atoms with Gasteiger partial charge in [-0.25, -0.2) is 13.1 Å². The lowest BCUT2D eigenvalue weighted by Crippen LogP contribution is -2.30. The minimum atomic E-state index is -3.45. The third-order valence-corrected chi connectivity index (χ3v) is 4.68. The molecule has 1 aromatic carbocycles. The number of nitrogens with one attached hydrogen (secondary N) is 2. The number of rotatable bonds is 7. The van der Waals surface area contributed by atoms with Crippen molar-refractivity contribution in [2.24, 2.45) is 0 Å². The lowest BCUT2D eigenvalue weighted by Gasteiger charge is -2.11. The minimum absolute atomic E-state index is 0.277. The fourth-order valence-electron chi connectivity index (χ4n) is 1.70.